The van der Waals surface area contributed by atoms with Gasteiger partial charge in [-0.3, -0.25) is 4.79 Å². The van der Waals surface area contributed by atoms with Crippen LogP contribution in [-0.4, -0.2) is 46.2 Å². The van der Waals surface area contributed by atoms with Crippen molar-refractivity contribution in [3.63, 3.8) is 0 Å². The molecule has 1 atom stereocenters. The van der Waals surface area contributed by atoms with Crippen LogP contribution in [0.1, 0.15) is 40.9 Å². The van der Waals surface area contributed by atoms with E-state index in [2.05, 4.69) is 15.2 Å². The minimum absolute atomic E-state index is 0.108. The molecule has 1 saturated heterocycles. The summed E-state index contributed by atoms with van der Waals surface area (Å²) < 4.78 is 47.6. The number of amides is 1. The second-order valence-electron chi connectivity index (χ2n) is 5.59. The summed E-state index contributed by atoms with van der Waals surface area (Å²) in [5.74, 6) is -2.02. The van der Waals surface area contributed by atoms with Crippen LogP contribution < -0.4 is 4.74 Å². The van der Waals surface area contributed by atoms with Crippen molar-refractivity contribution < 1.29 is 27.1 Å². The Morgan fingerprint density at radius 1 is 1.40 bits per heavy atom. The number of methoxy groups -OCH3 is 1. The number of ether oxygens (including phenoxy) is 1. The number of alkyl halides is 3. The van der Waals surface area contributed by atoms with Gasteiger partial charge < -0.3 is 14.1 Å². The molecule has 2 aromatic rings. The lowest BCUT2D eigenvalue weighted by atomic mass is 9.97. The monoisotopic (exact) mass is 356 g/mol. The largest absolute Gasteiger partial charge is 0.480 e. The predicted octanol–water partition coefficient (Wildman–Crippen LogP) is 2.51. The van der Waals surface area contributed by atoms with E-state index in [0.717, 1.165) is 0 Å². The molecule has 0 aromatic carbocycles. The number of hydrogen-bond donors (Lipinski definition) is 0. The van der Waals surface area contributed by atoms with Crippen molar-refractivity contribution in [2.45, 2.75) is 24.9 Å². The van der Waals surface area contributed by atoms with Crippen molar-refractivity contribution in [1.29, 1.82) is 0 Å². The number of likely N-dealkylation sites (tertiary alicyclic amines) is 1. The molecule has 1 fully saturated rings. The lowest BCUT2D eigenvalue weighted by molar-refractivity contribution is -0.157. The van der Waals surface area contributed by atoms with E-state index >= 15 is 0 Å². The molecule has 1 aliphatic rings. The molecular formula is C15H15F3N4O3. The van der Waals surface area contributed by atoms with Crippen LogP contribution in [0.3, 0.4) is 0 Å². The van der Waals surface area contributed by atoms with Crippen LogP contribution in [0.15, 0.2) is 22.7 Å². The van der Waals surface area contributed by atoms with E-state index in [-0.39, 0.29) is 24.2 Å². The highest BCUT2D eigenvalue weighted by atomic mass is 19.4. The van der Waals surface area contributed by atoms with Crippen molar-refractivity contribution in [3.05, 3.63) is 35.7 Å². The molecule has 0 bridgehead atoms. The fourth-order valence-corrected chi connectivity index (χ4v) is 2.76. The van der Waals surface area contributed by atoms with Gasteiger partial charge >= 0.3 is 12.1 Å². The number of rotatable bonds is 3. The van der Waals surface area contributed by atoms with E-state index in [1.165, 1.54) is 18.2 Å². The standard InChI is InChI=1S/C15H15F3N4O3/c1-24-12-10(5-2-6-19-12)13(23)22-7-3-4-9(8-22)11-20-21-14(25-11)15(16,17)18/h2,5-6,9H,3-4,7-8H2,1H3. The van der Waals surface area contributed by atoms with E-state index < -0.39 is 18.0 Å². The quantitative estimate of drug-likeness (QED) is 0.841. The number of halogens is 3. The third-order valence-corrected chi connectivity index (χ3v) is 3.94. The highest BCUT2D eigenvalue weighted by Gasteiger charge is 2.39. The third kappa shape index (κ3) is 3.57. The van der Waals surface area contributed by atoms with Gasteiger partial charge in [0.25, 0.3) is 5.91 Å². The molecular weight excluding hydrogens is 341 g/mol. The predicted molar refractivity (Wildman–Crippen MR) is 78.0 cm³/mol. The molecule has 10 heteroatoms. The van der Waals surface area contributed by atoms with Crippen molar-refractivity contribution in [2.24, 2.45) is 0 Å². The second-order valence-corrected chi connectivity index (χ2v) is 5.59. The number of aromatic nitrogens is 3. The highest BCUT2D eigenvalue weighted by molar-refractivity contribution is 5.96. The van der Waals surface area contributed by atoms with Crippen LogP contribution in [-0.2, 0) is 6.18 Å². The molecule has 0 radical (unpaired) electrons. The summed E-state index contributed by atoms with van der Waals surface area (Å²) in [6, 6.07) is 3.21. The fraction of sp³-hybridized carbons (Fsp3) is 0.467. The maximum Gasteiger partial charge on any atom is 0.470 e. The molecule has 0 saturated carbocycles. The average molecular weight is 356 g/mol. The summed E-state index contributed by atoms with van der Waals surface area (Å²) in [5.41, 5.74) is 0.298. The Morgan fingerprint density at radius 2 is 2.20 bits per heavy atom. The van der Waals surface area contributed by atoms with Gasteiger partial charge in [-0.15, -0.1) is 10.2 Å². The maximum atomic E-state index is 12.7. The summed E-state index contributed by atoms with van der Waals surface area (Å²) in [5, 5.41) is 6.54. The first-order valence-electron chi connectivity index (χ1n) is 7.59. The highest BCUT2D eigenvalue weighted by Crippen LogP contribution is 2.32. The van der Waals surface area contributed by atoms with Gasteiger partial charge in [0.2, 0.25) is 11.8 Å². The first kappa shape index (κ1) is 17.2. The van der Waals surface area contributed by atoms with Crippen LogP contribution in [0.2, 0.25) is 0 Å². The molecule has 3 rings (SSSR count). The molecule has 2 aromatic heterocycles. The first-order chi connectivity index (χ1) is 11.9. The van der Waals surface area contributed by atoms with Gasteiger partial charge in [-0.1, -0.05) is 0 Å². The van der Waals surface area contributed by atoms with Gasteiger partial charge in [-0.05, 0) is 25.0 Å². The molecule has 0 aliphatic carbocycles. The van der Waals surface area contributed by atoms with E-state index in [1.54, 1.807) is 12.1 Å². The Hall–Kier alpha value is -2.65. The van der Waals surface area contributed by atoms with Crippen LogP contribution in [0.25, 0.3) is 0 Å². The Balaban J connectivity index is 1.77. The normalized spacial score (nSPS) is 18.2. The van der Waals surface area contributed by atoms with Crippen LogP contribution in [0.4, 0.5) is 13.2 Å². The summed E-state index contributed by atoms with van der Waals surface area (Å²) in [7, 11) is 1.41. The average Bonchev–Trinajstić information content (AvgIpc) is 3.12. The van der Waals surface area contributed by atoms with Gasteiger partial charge in [0.05, 0.1) is 13.0 Å². The van der Waals surface area contributed by atoms with Gasteiger partial charge in [0, 0.05) is 19.3 Å². The Morgan fingerprint density at radius 3 is 2.88 bits per heavy atom. The number of nitrogens with zero attached hydrogens (tertiary/aromatic N) is 4. The summed E-state index contributed by atoms with van der Waals surface area (Å²) in [6.45, 7) is 0.671. The SMILES string of the molecule is COc1ncccc1C(=O)N1CCCC(c2nnc(C(F)(F)F)o2)C1. The minimum atomic E-state index is -4.68. The fourth-order valence-electron chi connectivity index (χ4n) is 2.76. The van der Waals surface area contributed by atoms with Crippen molar-refractivity contribution in [2.75, 3.05) is 20.2 Å². The Labute approximate surface area is 140 Å². The number of carbonyl (C=O) groups excluding carboxylic acids is 1. The van der Waals surface area contributed by atoms with Gasteiger partial charge in [0.1, 0.15) is 5.56 Å². The van der Waals surface area contributed by atoms with E-state index in [9.17, 15) is 18.0 Å². The lowest BCUT2D eigenvalue weighted by Crippen LogP contribution is -2.39. The van der Waals surface area contributed by atoms with E-state index in [4.69, 9.17) is 9.15 Å². The first-order valence-corrected chi connectivity index (χ1v) is 7.59. The molecule has 25 heavy (non-hydrogen) atoms. The van der Waals surface area contributed by atoms with Gasteiger partial charge in [0.15, 0.2) is 0 Å². The molecule has 134 valence electrons. The molecule has 0 spiro atoms. The lowest BCUT2D eigenvalue weighted by Gasteiger charge is -2.31. The van der Waals surface area contributed by atoms with Gasteiger partial charge in [-0.2, -0.15) is 13.2 Å². The van der Waals surface area contributed by atoms with E-state index in [0.29, 0.717) is 24.9 Å². The van der Waals surface area contributed by atoms with Crippen LogP contribution in [0.5, 0.6) is 5.88 Å². The number of hydrogen-bond acceptors (Lipinski definition) is 6. The summed E-state index contributed by atoms with van der Waals surface area (Å²) in [4.78, 5) is 18.2. The van der Waals surface area contributed by atoms with Crippen molar-refractivity contribution in [3.8, 4) is 5.88 Å². The number of carbonyl (C=O) groups is 1. The van der Waals surface area contributed by atoms with Gasteiger partial charge in [-0.25, -0.2) is 4.98 Å². The molecule has 1 aliphatic heterocycles. The zero-order valence-electron chi connectivity index (χ0n) is 13.3. The molecule has 7 nitrogen and oxygen atoms in total. The number of pyridine rings is 1. The summed E-state index contributed by atoms with van der Waals surface area (Å²) >= 11 is 0. The molecule has 0 N–H and O–H groups in total. The molecule has 1 amide bonds. The topological polar surface area (TPSA) is 81.4 Å². The van der Waals surface area contributed by atoms with Crippen molar-refractivity contribution >= 4 is 5.91 Å². The smallest absolute Gasteiger partial charge is 0.470 e. The summed E-state index contributed by atoms with van der Waals surface area (Å²) in [6.07, 6.45) is -2.00. The Kier molecular flexibility index (Phi) is 4.60. The van der Waals surface area contributed by atoms with Crippen LogP contribution in [0, 0.1) is 0 Å². The molecule has 1 unspecified atom stereocenters. The Bertz CT molecular complexity index is 762. The maximum absolute atomic E-state index is 12.7. The number of piperidine rings is 1. The zero-order chi connectivity index (χ0) is 18.0. The van der Waals surface area contributed by atoms with Crippen molar-refractivity contribution in [1.82, 2.24) is 20.1 Å². The minimum Gasteiger partial charge on any atom is -0.480 e. The van der Waals surface area contributed by atoms with Crippen LogP contribution >= 0.6 is 0 Å². The molecule has 3 heterocycles. The van der Waals surface area contributed by atoms with E-state index in [1.807, 2.05) is 0 Å². The third-order valence-electron chi connectivity index (χ3n) is 3.94. The zero-order valence-corrected chi connectivity index (χ0v) is 13.3. The second kappa shape index (κ2) is 6.69.